The van der Waals surface area contributed by atoms with E-state index in [2.05, 4.69) is 14.7 Å². The summed E-state index contributed by atoms with van der Waals surface area (Å²) in [4.78, 5) is 32.6. The Balaban J connectivity index is 1.26. The van der Waals surface area contributed by atoms with E-state index < -0.39 is 6.16 Å². The second-order valence-corrected chi connectivity index (χ2v) is 11.3. The fraction of sp³-hybridized carbons (Fsp3) is 0.517. The van der Waals surface area contributed by atoms with Gasteiger partial charge in [0.1, 0.15) is 5.75 Å². The van der Waals surface area contributed by atoms with Crippen LogP contribution < -0.4 is 4.74 Å². The fourth-order valence-corrected chi connectivity index (χ4v) is 6.95. The van der Waals surface area contributed by atoms with Crippen LogP contribution in [0.1, 0.15) is 66.1 Å². The van der Waals surface area contributed by atoms with Crippen LogP contribution in [0.5, 0.6) is 5.75 Å². The van der Waals surface area contributed by atoms with Gasteiger partial charge in [-0.2, -0.15) is 0 Å². The van der Waals surface area contributed by atoms with Crippen molar-refractivity contribution in [2.75, 3.05) is 26.2 Å². The Hall–Kier alpha value is -2.61. The van der Waals surface area contributed by atoms with Gasteiger partial charge in [0.2, 0.25) is 0 Å². The van der Waals surface area contributed by atoms with Crippen LogP contribution in [0.4, 0.5) is 4.79 Å². The minimum Gasteiger partial charge on any atom is -0.449 e. The van der Waals surface area contributed by atoms with Crippen molar-refractivity contribution in [3.63, 3.8) is 0 Å². The summed E-state index contributed by atoms with van der Waals surface area (Å²) in [5, 5.41) is 9.58. The van der Waals surface area contributed by atoms with Crippen LogP contribution >= 0.6 is 11.6 Å². The van der Waals surface area contributed by atoms with Crippen molar-refractivity contribution in [2.45, 2.75) is 69.1 Å². The molecule has 1 saturated carbocycles. The van der Waals surface area contributed by atoms with E-state index in [1.54, 1.807) is 24.3 Å². The van der Waals surface area contributed by atoms with Crippen molar-refractivity contribution in [2.24, 2.45) is 0 Å². The van der Waals surface area contributed by atoms with E-state index in [0.29, 0.717) is 22.4 Å². The molecule has 0 radical (unpaired) electrons. The fourth-order valence-electron chi connectivity index (χ4n) is 6.73. The first-order valence-corrected chi connectivity index (χ1v) is 13.9. The van der Waals surface area contributed by atoms with Gasteiger partial charge in [0.25, 0.3) is 5.91 Å². The van der Waals surface area contributed by atoms with Crippen LogP contribution in [0.25, 0.3) is 0 Å². The Labute approximate surface area is 222 Å². The lowest BCUT2D eigenvalue weighted by Gasteiger charge is -2.38. The molecule has 0 aromatic heterocycles. The van der Waals surface area contributed by atoms with Gasteiger partial charge in [-0.3, -0.25) is 9.69 Å². The van der Waals surface area contributed by atoms with E-state index in [-0.39, 0.29) is 18.0 Å². The molecule has 1 amide bonds. The number of carbonyl (C=O) groups excluding carboxylic acids is 1. The predicted molar refractivity (Wildman–Crippen MR) is 141 cm³/mol. The zero-order valence-corrected chi connectivity index (χ0v) is 21.8. The van der Waals surface area contributed by atoms with E-state index in [9.17, 15) is 9.59 Å². The van der Waals surface area contributed by atoms with Gasteiger partial charge >= 0.3 is 6.16 Å². The number of fused-ring (bicyclic) bond motifs is 1. The van der Waals surface area contributed by atoms with Crippen molar-refractivity contribution in [1.29, 1.82) is 0 Å². The Morgan fingerprint density at radius 2 is 1.65 bits per heavy atom. The summed E-state index contributed by atoms with van der Waals surface area (Å²) < 4.78 is 4.96. The quantitative estimate of drug-likeness (QED) is 0.413. The van der Waals surface area contributed by atoms with Crippen LogP contribution in [0.2, 0.25) is 5.02 Å². The van der Waals surface area contributed by atoms with E-state index in [1.807, 2.05) is 18.2 Å². The third-order valence-electron chi connectivity index (χ3n) is 8.71. The lowest BCUT2D eigenvalue weighted by Crippen LogP contribution is -2.47. The Morgan fingerprint density at radius 3 is 2.38 bits per heavy atom. The number of benzene rings is 2. The van der Waals surface area contributed by atoms with E-state index in [0.717, 1.165) is 49.5 Å². The number of amides is 1. The molecule has 6 rings (SSSR count). The molecule has 2 aliphatic carbocycles. The first kappa shape index (κ1) is 24.7. The molecule has 1 N–H and O–H groups in total. The van der Waals surface area contributed by atoms with E-state index >= 15 is 0 Å². The zero-order chi connectivity index (χ0) is 25.5. The van der Waals surface area contributed by atoms with Gasteiger partial charge in [0, 0.05) is 31.2 Å². The van der Waals surface area contributed by atoms with Gasteiger partial charge in [0.05, 0.1) is 16.6 Å². The van der Waals surface area contributed by atoms with Gasteiger partial charge in [-0.1, -0.05) is 29.8 Å². The number of aryl methyl sites for hydroxylation is 1. The number of likely N-dealkylation sites (tertiary alicyclic amines) is 2. The average molecular weight is 524 g/mol. The Morgan fingerprint density at radius 1 is 0.919 bits per heavy atom. The second kappa shape index (κ2) is 10.3. The summed E-state index contributed by atoms with van der Waals surface area (Å²) in [6.07, 6.45) is 6.35. The number of ether oxygens (including phenoxy) is 1. The van der Waals surface area contributed by atoms with Gasteiger partial charge in [-0.05, 0) is 93.4 Å². The van der Waals surface area contributed by atoms with Crippen molar-refractivity contribution < 1.29 is 19.4 Å². The molecular weight excluding hydrogens is 490 g/mol. The number of halogens is 1. The van der Waals surface area contributed by atoms with Crippen molar-refractivity contribution >= 4 is 23.7 Å². The third-order valence-corrected chi connectivity index (χ3v) is 9.04. The van der Waals surface area contributed by atoms with E-state index in [1.165, 1.54) is 38.8 Å². The minimum absolute atomic E-state index is 0.0524. The number of piperidine rings is 1. The molecule has 0 unspecified atom stereocenters. The predicted octanol–water partition coefficient (Wildman–Crippen LogP) is 5.23. The number of nitrogens with zero attached hydrogens (tertiary/aromatic N) is 3. The second-order valence-electron chi connectivity index (χ2n) is 10.9. The van der Waals surface area contributed by atoms with Gasteiger partial charge in [-0.25, -0.2) is 4.79 Å². The van der Waals surface area contributed by atoms with Crippen molar-refractivity contribution in [1.82, 2.24) is 14.7 Å². The van der Waals surface area contributed by atoms with Crippen LogP contribution in [-0.2, 0) is 6.42 Å². The molecule has 7 nitrogen and oxygen atoms in total. The summed E-state index contributed by atoms with van der Waals surface area (Å²) in [5.74, 6) is 0.238. The number of rotatable bonds is 6. The highest BCUT2D eigenvalue weighted by molar-refractivity contribution is 6.33. The Bertz CT molecular complexity index is 1180. The number of carboxylic acid groups (broad SMARTS) is 1. The molecule has 8 heteroatoms. The average Bonchev–Trinajstić information content (AvgIpc) is 3.50. The molecule has 2 atom stereocenters. The molecule has 196 valence electrons. The van der Waals surface area contributed by atoms with Crippen LogP contribution in [-0.4, -0.2) is 76.2 Å². The number of carbonyl (C=O) groups is 2. The summed E-state index contributed by atoms with van der Waals surface area (Å²) >= 11 is 6.51. The topological polar surface area (TPSA) is 73.3 Å². The molecule has 2 aromatic rings. The Kier molecular flexibility index (Phi) is 6.86. The zero-order valence-electron chi connectivity index (χ0n) is 21.0. The first-order chi connectivity index (χ1) is 18.0. The maximum atomic E-state index is 14.1. The normalized spacial score (nSPS) is 24.7. The molecule has 2 saturated heterocycles. The molecule has 4 aliphatic rings. The smallest absolute Gasteiger partial charge is 0.449 e. The lowest BCUT2D eigenvalue weighted by molar-refractivity contribution is 0.0550. The highest BCUT2D eigenvalue weighted by Crippen LogP contribution is 2.42. The minimum atomic E-state index is -1.34. The van der Waals surface area contributed by atoms with Crippen molar-refractivity contribution in [3.05, 3.63) is 64.2 Å². The van der Waals surface area contributed by atoms with Crippen molar-refractivity contribution in [3.8, 4) is 5.75 Å². The number of hydrogen-bond donors (Lipinski definition) is 1. The maximum Gasteiger partial charge on any atom is 0.511 e. The van der Waals surface area contributed by atoms with Crippen LogP contribution in [0.15, 0.2) is 42.5 Å². The van der Waals surface area contributed by atoms with Crippen LogP contribution in [0.3, 0.4) is 0 Å². The molecule has 0 bridgehead atoms. The largest absolute Gasteiger partial charge is 0.511 e. The van der Waals surface area contributed by atoms with Gasteiger partial charge < -0.3 is 19.6 Å². The molecule has 2 aromatic carbocycles. The standard InChI is InChI=1S/C29H34ClN3O4/c30-26-4-2-1-3-24(26)28(34)33(27-10-6-19-5-9-23(17-25(19)27)37-29(35)36)22-13-16-32(18-22)21-11-14-31(15-12-21)20-7-8-20/h1-5,9,17,20-22,27H,6-8,10-16,18H2,(H,35,36)/t22-,27+/m0/s1. The summed E-state index contributed by atoms with van der Waals surface area (Å²) in [5.41, 5.74) is 2.64. The molecule has 2 aliphatic heterocycles. The maximum absolute atomic E-state index is 14.1. The van der Waals surface area contributed by atoms with Gasteiger partial charge in [-0.15, -0.1) is 0 Å². The van der Waals surface area contributed by atoms with Crippen LogP contribution in [0, 0.1) is 0 Å². The molecule has 2 heterocycles. The van der Waals surface area contributed by atoms with E-state index in [4.69, 9.17) is 21.4 Å². The van der Waals surface area contributed by atoms with Gasteiger partial charge in [0.15, 0.2) is 0 Å². The molecule has 0 spiro atoms. The highest BCUT2D eigenvalue weighted by atomic mass is 35.5. The third kappa shape index (κ3) is 5.09. The summed E-state index contributed by atoms with van der Waals surface area (Å²) in [6, 6.07) is 14.0. The molecular formula is C29H34ClN3O4. The monoisotopic (exact) mass is 523 g/mol. The summed E-state index contributed by atoms with van der Waals surface area (Å²) in [7, 11) is 0. The SMILES string of the molecule is O=C(O)Oc1ccc2c(c1)[C@H](N(C(=O)c1ccccc1Cl)[C@H]1CCN(C3CCN(C4CC4)CC3)C1)CC2. The lowest BCUT2D eigenvalue weighted by atomic mass is 10.0. The highest BCUT2D eigenvalue weighted by Gasteiger charge is 2.42. The number of hydrogen-bond acceptors (Lipinski definition) is 5. The summed E-state index contributed by atoms with van der Waals surface area (Å²) in [6.45, 7) is 4.22. The molecule has 37 heavy (non-hydrogen) atoms. The first-order valence-electron chi connectivity index (χ1n) is 13.6. The molecule has 3 fully saturated rings.